The Morgan fingerprint density at radius 1 is 1.11 bits per heavy atom. The number of hydrogen-bond donors (Lipinski definition) is 0. The molecule has 1 heteroatoms. The van der Waals surface area contributed by atoms with Gasteiger partial charge in [-0.3, -0.25) is 4.79 Å². The monoisotopic (exact) mass is 258 g/mol. The third kappa shape index (κ3) is 3.92. The highest BCUT2D eigenvalue weighted by Crippen LogP contribution is 2.30. The normalized spacial score (nSPS) is 23.6. The summed E-state index contributed by atoms with van der Waals surface area (Å²) >= 11 is 0. The van der Waals surface area contributed by atoms with Gasteiger partial charge in [0.25, 0.3) is 0 Å². The molecule has 104 valence electrons. The van der Waals surface area contributed by atoms with E-state index >= 15 is 0 Å². The van der Waals surface area contributed by atoms with Crippen molar-refractivity contribution in [2.24, 2.45) is 17.8 Å². The lowest BCUT2D eigenvalue weighted by atomic mass is 9.79. The van der Waals surface area contributed by atoms with Gasteiger partial charge in [0.15, 0.2) is 5.78 Å². The molecule has 1 fully saturated rings. The Balaban J connectivity index is 1.99. The Morgan fingerprint density at radius 2 is 1.68 bits per heavy atom. The Kier molecular flexibility index (Phi) is 4.79. The van der Waals surface area contributed by atoms with E-state index in [0.717, 1.165) is 30.7 Å². The average molecular weight is 258 g/mol. The van der Waals surface area contributed by atoms with Gasteiger partial charge in [-0.05, 0) is 36.7 Å². The maximum absolute atomic E-state index is 12.4. The molecule has 0 atom stereocenters. The van der Waals surface area contributed by atoms with Crippen LogP contribution in [-0.4, -0.2) is 5.78 Å². The second-order valence-electron chi connectivity index (χ2n) is 6.62. The van der Waals surface area contributed by atoms with Gasteiger partial charge in [0.05, 0.1) is 0 Å². The predicted molar refractivity (Wildman–Crippen MR) is 80.4 cm³/mol. The van der Waals surface area contributed by atoms with Crippen LogP contribution in [0.25, 0.3) is 0 Å². The Bertz CT molecular complexity index is 408. The van der Waals surface area contributed by atoms with Crippen LogP contribution in [0.15, 0.2) is 24.3 Å². The molecular weight excluding hydrogens is 232 g/mol. The number of rotatable bonds is 4. The first kappa shape index (κ1) is 14.3. The van der Waals surface area contributed by atoms with Crippen LogP contribution in [0.1, 0.15) is 62.4 Å². The van der Waals surface area contributed by atoms with E-state index in [1.54, 1.807) is 0 Å². The van der Waals surface area contributed by atoms with Crippen LogP contribution in [0, 0.1) is 17.8 Å². The van der Waals surface area contributed by atoms with Crippen molar-refractivity contribution in [2.75, 3.05) is 0 Å². The molecule has 0 saturated heterocycles. The summed E-state index contributed by atoms with van der Waals surface area (Å²) in [5, 5.41) is 0. The van der Waals surface area contributed by atoms with E-state index in [4.69, 9.17) is 0 Å². The van der Waals surface area contributed by atoms with Crippen molar-refractivity contribution >= 4 is 5.78 Å². The number of ketones is 1. The molecule has 0 radical (unpaired) electrons. The summed E-state index contributed by atoms with van der Waals surface area (Å²) in [6.07, 6.45) is 5.67. The summed E-state index contributed by atoms with van der Waals surface area (Å²) in [5.74, 6) is 2.11. The van der Waals surface area contributed by atoms with Gasteiger partial charge >= 0.3 is 0 Å². The van der Waals surface area contributed by atoms with Crippen molar-refractivity contribution in [1.29, 1.82) is 0 Å². The minimum absolute atomic E-state index is 0.271. The predicted octanol–water partition coefficient (Wildman–Crippen LogP) is 4.89. The van der Waals surface area contributed by atoms with Crippen molar-refractivity contribution in [1.82, 2.24) is 0 Å². The SMILES string of the molecule is CC(C)Cc1ccc(C(=O)C2CCC(C)CC2)cc1. The molecule has 1 aliphatic carbocycles. The summed E-state index contributed by atoms with van der Waals surface area (Å²) in [4.78, 5) is 12.4. The molecule has 0 amide bonds. The van der Waals surface area contributed by atoms with E-state index in [1.807, 2.05) is 12.1 Å². The molecule has 1 saturated carbocycles. The van der Waals surface area contributed by atoms with Gasteiger partial charge in [0.1, 0.15) is 0 Å². The van der Waals surface area contributed by atoms with Crippen molar-refractivity contribution < 1.29 is 4.79 Å². The fourth-order valence-electron chi connectivity index (χ4n) is 3.03. The maximum atomic E-state index is 12.4. The van der Waals surface area contributed by atoms with Gasteiger partial charge in [-0.2, -0.15) is 0 Å². The van der Waals surface area contributed by atoms with Crippen molar-refractivity contribution in [3.63, 3.8) is 0 Å². The van der Waals surface area contributed by atoms with Gasteiger partial charge in [0, 0.05) is 11.5 Å². The smallest absolute Gasteiger partial charge is 0.165 e. The lowest BCUT2D eigenvalue weighted by Crippen LogP contribution is -2.20. The van der Waals surface area contributed by atoms with Gasteiger partial charge in [-0.1, -0.05) is 57.9 Å². The zero-order valence-electron chi connectivity index (χ0n) is 12.5. The molecule has 0 heterocycles. The summed E-state index contributed by atoms with van der Waals surface area (Å²) in [6.45, 7) is 6.74. The minimum Gasteiger partial charge on any atom is -0.294 e. The molecule has 1 nitrogen and oxygen atoms in total. The Morgan fingerprint density at radius 3 is 2.21 bits per heavy atom. The molecular formula is C18H26O. The zero-order valence-corrected chi connectivity index (χ0v) is 12.5. The lowest BCUT2D eigenvalue weighted by molar-refractivity contribution is 0.0875. The molecule has 0 aromatic heterocycles. The molecule has 1 aromatic carbocycles. The average Bonchev–Trinajstić information content (AvgIpc) is 2.39. The first-order chi connectivity index (χ1) is 9.06. The molecule has 0 N–H and O–H groups in total. The van der Waals surface area contributed by atoms with Crippen molar-refractivity contribution in [3.8, 4) is 0 Å². The van der Waals surface area contributed by atoms with E-state index < -0.39 is 0 Å². The molecule has 0 aliphatic heterocycles. The number of Topliss-reactive ketones (excluding diaryl/α,β-unsaturated/α-hetero) is 1. The van der Waals surface area contributed by atoms with E-state index in [1.165, 1.54) is 18.4 Å². The second kappa shape index (κ2) is 6.36. The van der Waals surface area contributed by atoms with E-state index in [2.05, 4.69) is 32.9 Å². The molecule has 0 bridgehead atoms. The lowest BCUT2D eigenvalue weighted by Gasteiger charge is -2.25. The molecule has 1 aromatic rings. The summed E-state index contributed by atoms with van der Waals surface area (Å²) in [5.41, 5.74) is 2.25. The largest absolute Gasteiger partial charge is 0.294 e. The highest BCUT2D eigenvalue weighted by Gasteiger charge is 2.24. The quantitative estimate of drug-likeness (QED) is 0.702. The second-order valence-corrected chi connectivity index (χ2v) is 6.62. The van der Waals surface area contributed by atoms with E-state index in [9.17, 15) is 4.79 Å². The van der Waals surface area contributed by atoms with Crippen LogP contribution in [0.5, 0.6) is 0 Å². The fourth-order valence-corrected chi connectivity index (χ4v) is 3.03. The van der Waals surface area contributed by atoms with Crippen LogP contribution in [0.3, 0.4) is 0 Å². The molecule has 0 spiro atoms. The first-order valence-corrected chi connectivity index (χ1v) is 7.69. The van der Waals surface area contributed by atoms with E-state index in [-0.39, 0.29) is 5.92 Å². The van der Waals surface area contributed by atoms with E-state index in [0.29, 0.717) is 11.7 Å². The highest BCUT2D eigenvalue weighted by molar-refractivity contribution is 5.97. The Labute approximate surface area is 117 Å². The third-order valence-electron chi connectivity index (χ3n) is 4.27. The molecule has 19 heavy (non-hydrogen) atoms. The summed E-state index contributed by atoms with van der Waals surface area (Å²) < 4.78 is 0. The minimum atomic E-state index is 0.271. The van der Waals surface area contributed by atoms with Crippen molar-refractivity contribution in [3.05, 3.63) is 35.4 Å². The van der Waals surface area contributed by atoms with Gasteiger partial charge < -0.3 is 0 Å². The first-order valence-electron chi connectivity index (χ1n) is 7.69. The molecule has 1 aliphatic rings. The summed E-state index contributed by atoms with van der Waals surface area (Å²) in [7, 11) is 0. The van der Waals surface area contributed by atoms with Gasteiger partial charge in [-0.25, -0.2) is 0 Å². The molecule has 0 unspecified atom stereocenters. The van der Waals surface area contributed by atoms with Crippen LogP contribution >= 0.6 is 0 Å². The molecule has 2 rings (SSSR count). The third-order valence-corrected chi connectivity index (χ3v) is 4.27. The number of carbonyl (C=O) groups is 1. The fraction of sp³-hybridized carbons (Fsp3) is 0.611. The van der Waals surface area contributed by atoms with Crippen LogP contribution < -0.4 is 0 Å². The zero-order chi connectivity index (χ0) is 13.8. The highest BCUT2D eigenvalue weighted by atomic mass is 16.1. The standard InChI is InChI=1S/C18H26O/c1-13(2)12-15-6-10-17(11-7-15)18(19)16-8-4-14(3)5-9-16/h6-7,10-11,13-14,16H,4-5,8-9,12H2,1-3H3. The topological polar surface area (TPSA) is 17.1 Å². The maximum Gasteiger partial charge on any atom is 0.165 e. The van der Waals surface area contributed by atoms with Crippen LogP contribution in [0.4, 0.5) is 0 Å². The van der Waals surface area contributed by atoms with Crippen molar-refractivity contribution in [2.45, 2.75) is 52.9 Å². The van der Waals surface area contributed by atoms with Gasteiger partial charge in [-0.15, -0.1) is 0 Å². The summed E-state index contributed by atoms with van der Waals surface area (Å²) in [6, 6.07) is 8.30. The van der Waals surface area contributed by atoms with Crippen LogP contribution in [-0.2, 0) is 6.42 Å². The number of hydrogen-bond acceptors (Lipinski definition) is 1. The number of benzene rings is 1. The Hall–Kier alpha value is -1.11. The van der Waals surface area contributed by atoms with Gasteiger partial charge in [0.2, 0.25) is 0 Å². The van der Waals surface area contributed by atoms with Crippen LogP contribution in [0.2, 0.25) is 0 Å². The number of carbonyl (C=O) groups excluding carboxylic acids is 1.